The van der Waals surface area contributed by atoms with Crippen LogP contribution in [0.25, 0.3) is 33.0 Å². The fourth-order valence-electron chi connectivity index (χ4n) is 3.97. The number of ether oxygens (including phenoxy) is 1. The molecule has 0 saturated carbocycles. The second-order valence-corrected chi connectivity index (χ2v) is 7.92. The van der Waals surface area contributed by atoms with Gasteiger partial charge in [0.05, 0.1) is 0 Å². The second-order valence-electron chi connectivity index (χ2n) is 7.92. The van der Waals surface area contributed by atoms with Crippen LogP contribution in [0.4, 0.5) is 13.2 Å². The average molecular weight is 435 g/mol. The molecule has 0 amide bonds. The Morgan fingerprint density at radius 2 is 1.41 bits per heavy atom. The van der Waals surface area contributed by atoms with E-state index in [0.29, 0.717) is 10.9 Å². The minimum Gasteiger partial charge on any atom is -0.435 e. The van der Waals surface area contributed by atoms with Gasteiger partial charge in [0.15, 0.2) is 0 Å². The maximum atomic E-state index is 15.3. The van der Waals surface area contributed by atoms with Crippen molar-refractivity contribution < 1.29 is 17.9 Å². The van der Waals surface area contributed by atoms with Crippen molar-refractivity contribution in [3.8, 4) is 28.0 Å². The zero-order valence-corrected chi connectivity index (χ0v) is 18.0. The Bertz CT molecular complexity index is 1180. The van der Waals surface area contributed by atoms with Crippen molar-refractivity contribution in [2.24, 2.45) is 0 Å². The predicted octanol–water partition coefficient (Wildman–Crippen LogP) is 8.65. The third-order valence-corrected chi connectivity index (χ3v) is 5.70. The summed E-state index contributed by atoms with van der Waals surface area (Å²) in [6.07, 6.45) is 4.55. The van der Waals surface area contributed by atoms with Gasteiger partial charge in [-0.25, -0.2) is 4.39 Å². The van der Waals surface area contributed by atoms with Crippen LogP contribution in [0.5, 0.6) is 5.75 Å². The lowest BCUT2D eigenvalue weighted by atomic mass is 9.96. The predicted molar refractivity (Wildman–Crippen MR) is 125 cm³/mol. The van der Waals surface area contributed by atoms with Crippen LogP contribution in [0.1, 0.15) is 31.7 Å². The molecule has 4 aromatic rings. The molecule has 0 aliphatic carbocycles. The molecular formula is C28H25F3O. The third kappa shape index (κ3) is 4.96. The van der Waals surface area contributed by atoms with Gasteiger partial charge < -0.3 is 4.74 Å². The lowest BCUT2D eigenvalue weighted by Crippen LogP contribution is -2.01. The van der Waals surface area contributed by atoms with Crippen LogP contribution in [0.2, 0.25) is 0 Å². The molecule has 4 aromatic carbocycles. The van der Waals surface area contributed by atoms with Crippen LogP contribution in [-0.4, -0.2) is 6.61 Å². The summed E-state index contributed by atoms with van der Waals surface area (Å²) in [5.41, 5.74) is 4.37. The van der Waals surface area contributed by atoms with Crippen LogP contribution < -0.4 is 4.74 Å². The number of benzene rings is 4. The van der Waals surface area contributed by atoms with Crippen molar-refractivity contribution >= 4 is 10.8 Å². The molecule has 0 aromatic heterocycles. The van der Waals surface area contributed by atoms with E-state index in [2.05, 4.69) is 17.7 Å². The van der Waals surface area contributed by atoms with Crippen molar-refractivity contribution in [2.45, 2.75) is 39.2 Å². The highest BCUT2D eigenvalue weighted by molar-refractivity contribution is 5.89. The Balaban J connectivity index is 1.56. The summed E-state index contributed by atoms with van der Waals surface area (Å²) in [6, 6.07) is 23.8. The molecule has 0 N–H and O–H groups in total. The van der Waals surface area contributed by atoms with Crippen LogP contribution in [-0.2, 0) is 6.42 Å². The molecule has 164 valence electrons. The van der Waals surface area contributed by atoms with Crippen LogP contribution in [0.3, 0.4) is 0 Å². The first-order valence-corrected chi connectivity index (χ1v) is 10.9. The zero-order chi connectivity index (χ0) is 22.5. The number of unbranched alkanes of at least 4 members (excludes halogenated alkanes) is 2. The number of fused-ring (bicyclic) bond motifs is 1. The van der Waals surface area contributed by atoms with Crippen LogP contribution in [0, 0.1) is 5.82 Å². The fraction of sp³-hybridized carbons (Fsp3) is 0.214. The Hall–Kier alpha value is -3.27. The summed E-state index contributed by atoms with van der Waals surface area (Å²) in [5, 5.41) is 1.54. The molecule has 0 bridgehead atoms. The molecule has 4 rings (SSSR count). The number of hydrogen-bond acceptors (Lipinski definition) is 1. The summed E-state index contributed by atoms with van der Waals surface area (Å²) in [5.74, 6) is -0.101. The molecule has 0 aliphatic rings. The molecule has 0 spiro atoms. The number of rotatable bonds is 8. The summed E-state index contributed by atoms with van der Waals surface area (Å²) in [6.45, 7) is -0.657. The van der Waals surface area contributed by atoms with Crippen molar-refractivity contribution in [1.82, 2.24) is 0 Å². The van der Waals surface area contributed by atoms with E-state index in [0.717, 1.165) is 34.9 Å². The Morgan fingerprint density at radius 3 is 2.06 bits per heavy atom. The number of alkyl halides is 2. The lowest BCUT2D eigenvalue weighted by Gasteiger charge is -2.10. The first-order chi connectivity index (χ1) is 15.5. The normalized spacial score (nSPS) is 11.3. The molecule has 0 atom stereocenters. The van der Waals surface area contributed by atoms with Gasteiger partial charge in [-0.1, -0.05) is 86.5 Å². The highest BCUT2D eigenvalue weighted by Gasteiger charge is 2.11. The summed E-state index contributed by atoms with van der Waals surface area (Å²) >= 11 is 0. The quantitative estimate of drug-likeness (QED) is 0.252. The van der Waals surface area contributed by atoms with Crippen molar-refractivity contribution in [1.29, 1.82) is 0 Å². The van der Waals surface area contributed by atoms with E-state index >= 15 is 4.39 Å². The monoisotopic (exact) mass is 434 g/mol. The maximum absolute atomic E-state index is 15.3. The summed E-state index contributed by atoms with van der Waals surface area (Å²) in [7, 11) is 0. The lowest BCUT2D eigenvalue weighted by molar-refractivity contribution is -0.0498. The van der Waals surface area contributed by atoms with E-state index < -0.39 is 6.61 Å². The first kappa shape index (κ1) is 21.9. The summed E-state index contributed by atoms with van der Waals surface area (Å²) in [4.78, 5) is 0. The minimum atomic E-state index is -2.84. The van der Waals surface area contributed by atoms with Gasteiger partial charge in [-0.2, -0.15) is 8.78 Å². The van der Waals surface area contributed by atoms with Crippen molar-refractivity contribution in [2.75, 3.05) is 0 Å². The summed E-state index contributed by atoms with van der Waals surface area (Å²) < 4.78 is 44.3. The number of halogens is 3. The minimum absolute atomic E-state index is 0.118. The number of hydrogen-bond donors (Lipinski definition) is 0. The van der Waals surface area contributed by atoms with E-state index in [4.69, 9.17) is 0 Å². The molecule has 0 unspecified atom stereocenters. The van der Waals surface area contributed by atoms with Gasteiger partial charge in [-0.05, 0) is 52.6 Å². The highest BCUT2D eigenvalue weighted by Crippen LogP contribution is 2.32. The van der Waals surface area contributed by atoms with Gasteiger partial charge >= 0.3 is 6.61 Å². The van der Waals surface area contributed by atoms with Gasteiger partial charge in [-0.15, -0.1) is 0 Å². The molecule has 0 saturated heterocycles. The van der Waals surface area contributed by atoms with Crippen molar-refractivity contribution in [3.63, 3.8) is 0 Å². The van der Waals surface area contributed by atoms with Crippen molar-refractivity contribution in [3.05, 3.63) is 90.2 Å². The van der Waals surface area contributed by atoms with E-state index in [1.165, 1.54) is 30.5 Å². The van der Waals surface area contributed by atoms with E-state index in [1.54, 1.807) is 12.1 Å². The van der Waals surface area contributed by atoms with Crippen LogP contribution >= 0.6 is 0 Å². The van der Waals surface area contributed by atoms with Gasteiger partial charge in [-0.3, -0.25) is 0 Å². The standard InChI is InChI=1S/C28H25F3O/c1-2-3-4-5-19-6-16-26-23(18-19)13-17-25(27(26)29)22-9-7-20(8-10-22)21-11-14-24(15-12-21)32-28(30)31/h6-18,28H,2-5H2,1H3. The zero-order valence-electron chi connectivity index (χ0n) is 18.0. The van der Waals surface area contributed by atoms with E-state index in [9.17, 15) is 8.78 Å². The largest absolute Gasteiger partial charge is 0.435 e. The van der Waals surface area contributed by atoms with E-state index in [1.807, 2.05) is 48.5 Å². The Labute approximate surface area is 186 Å². The average Bonchev–Trinajstić information content (AvgIpc) is 2.80. The molecule has 32 heavy (non-hydrogen) atoms. The molecule has 0 fully saturated rings. The molecular weight excluding hydrogens is 409 g/mol. The molecule has 1 nitrogen and oxygen atoms in total. The van der Waals surface area contributed by atoms with Gasteiger partial charge in [0.25, 0.3) is 0 Å². The fourth-order valence-corrected chi connectivity index (χ4v) is 3.97. The van der Waals surface area contributed by atoms with Gasteiger partial charge in [0.1, 0.15) is 11.6 Å². The second kappa shape index (κ2) is 9.90. The highest BCUT2D eigenvalue weighted by atomic mass is 19.3. The smallest absolute Gasteiger partial charge is 0.387 e. The first-order valence-electron chi connectivity index (χ1n) is 10.9. The number of aryl methyl sites for hydroxylation is 1. The molecule has 0 heterocycles. The SMILES string of the molecule is CCCCCc1ccc2c(F)c(-c3ccc(-c4ccc(OC(F)F)cc4)cc3)ccc2c1. The van der Waals surface area contributed by atoms with E-state index in [-0.39, 0.29) is 11.6 Å². The van der Waals surface area contributed by atoms with Crippen LogP contribution in [0.15, 0.2) is 78.9 Å². The molecule has 4 heteroatoms. The van der Waals surface area contributed by atoms with Gasteiger partial charge in [0.2, 0.25) is 0 Å². The Kier molecular flexibility index (Phi) is 6.79. The molecule has 0 aliphatic heterocycles. The maximum Gasteiger partial charge on any atom is 0.387 e. The third-order valence-electron chi connectivity index (χ3n) is 5.70. The van der Waals surface area contributed by atoms with Gasteiger partial charge in [0, 0.05) is 10.9 Å². The topological polar surface area (TPSA) is 9.23 Å². The molecule has 0 radical (unpaired) electrons. The Morgan fingerprint density at radius 1 is 0.750 bits per heavy atom.